The van der Waals surface area contributed by atoms with Crippen molar-refractivity contribution in [1.29, 1.82) is 0 Å². The maximum Gasteiger partial charge on any atom is 0.326 e. The van der Waals surface area contributed by atoms with Crippen molar-refractivity contribution in [3.05, 3.63) is 84.4 Å². The second-order valence-electron chi connectivity index (χ2n) is 9.79. The van der Waals surface area contributed by atoms with Gasteiger partial charge >= 0.3 is 5.97 Å². The highest BCUT2D eigenvalue weighted by Gasteiger charge is 2.40. The normalized spacial score (nSPS) is 17.1. The van der Waals surface area contributed by atoms with E-state index in [1.54, 1.807) is 54.3 Å². The van der Waals surface area contributed by atoms with Crippen LogP contribution in [-0.2, 0) is 9.59 Å². The third kappa shape index (κ3) is 4.67. The summed E-state index contributed by atoms with van der Waals surface area (Å²) in [7, 11) is 0. The van der Waals surface area contributed by atoms with Gasteiger partial charge < -0.3 is 19.7 Å². The highest BCUT2D eigenvalue weighted by Crippen LogP contribution is 2.38. The molecule has 2 N–H and O–H groups in total. The van der Waals surface area contributed by atoms with Crippen LogP contribution in [0.5, 0.6) is 0 Å². The average molecular weight is 525 g/mol. The van der Waals surface area contributed by atoms with Gasteiger partial charge in [0.1, 0.15) is 28.8 Å². The molecule has 0 saturated carbocycles. The lowest BCUT2D eigenvalue weighted by molar-refractivity contribution is -0.138. The van der Waals surface area contributed by atoms with E-state index in [1.165, 1.54) is 6.07 Å². The number of rotatable bonds is 6. The Labute approximate surface area is 223 Å². The van der Waals surface area contributed by atoms with Crippen LogP contribution in [0.1, 0.15) is 18.7 Å². The quantitative estimate of drug-likeness (QED) is 0.289. The SMILES string of the molecule is Cc1nc(N2C[C@@H](CC(=O)Nc3ccc(-c4ccccc4F)cc3)C[C@H]2C(=O)O)c2oc3ccccc3c2n1. The van der Waals surface area contributed by atoms with Crippen molar-refractivity contribution in [2.45, 2.75) is 25.8 Å². The highest BCUT2D eigenvalue weighted by atomic mass is 19.1. The lowest BCUT2D eigenvalue weighted by Gasteiger charge is -2.22. The summed E-state index contributed by atoms with van der Waals surface area (Å²) in [5.41, 5.74) is 3.50. The van der Waals surface area contributed by atoms with Gasteiger partial charge in [-0.15, -0.1) is 0 Å². The fourth-order valence-corrected chi connectivity index (χ4v) is 5.32. The molecule has 0 bridgehead atoms. The lowest BCUT2D eigenvalue weighted by Crippen LogP contribution is -2.36. The number of carbonyl (C=O) groups excluding carboxylic acids is 1. The smallest absolute Gasteiger partial charge is 0.326 e. The van der Waals surface area contributed by atoms with Crippen LogP contribution in [0.3, 0.4) is 0 Å². The number of aromatic nitrogens is 2. The van der Waals surface area contributed by atoms with Gasteiger partial charge in [-0.2, -0.15) is 0 Å². The molecule has 39 heavy (non-hydrogen) atoms. The van der Waals surface area contributed by atoms with E-state index in [4.69, 9.17) is 4.42 Å². The molecule has 8 nitrogen and oxygen atoms in total. The number of carboxylic acids is 1. The fourth-order valence-electron chi connectivity index (χ4n) is 5.32. The standard InChI is InChI=1S/C30H25FN4O4/c1-17-32-27-22-7-3-5-9-25(22)39-28(27)29(33-17)35-16-18(14-24(35)30(37)38)15-26(36)34-20-12-10-19(11-13-20)21-6-2-4-8-23(21)31/h2-13,18,24H,14-16H2,1H3,(H,34,36)(H,37,38)/t18-,24+/m1/s1. The fraction of sp³-hybridized carbons (Fsp3) is 0.200. The zero-order valence-corrected chi connectivity index (χ0v) is 21.1. The maximum atomic E-state index is 14.1. The van der Waals surface area contributed by atoms with Crippen LogP contribution in [0, 0.1) is 18.7 Å². The number of aliphatic carboxylic acids is 1. The number of hydrogen-bond acceptors (Lipinski definition) is 6. The van der Waals surface area contributed by atoms with Gasteiger partial charge in [0.05, 0.1) is 0 Å². The van der Waals surface area contributed by atoms with Gasteiger partial charge in [-0.05, 0) is 55.2 Å². The van der Waals surface area contributed by atoms with Crippen LogP contribution in [0.15, 0.2) is 77.2 Å². The van der Waals surface area contributed by atoms with Crippen molar-refractivity contribution < 1.29 is 23.5 Å². The van der Waals surface area contributed by atoms with Crippen molar-refractivity contribution in [1.82, 2.24) is 9.97 Å². The molecule has 6 rings (SSSR count). The van der Waals surface area contributed by atoms with Crippen molar-refractivity contribution >= 4 is 45.5 Å². The monoisotopic (exact) mass is 524 g/mol. The first-order valence-electron chi connectivity index (χ1n) is 12.7. The summed E-state index contributed by atoms with van der Waals surface area (Å²) >= 11 is 0. The van der Waals surface area contributed by atoms with Gasteiger partial charge in [0.2, 0.25) is 5.91 Å². The molecule has 196 valence electrons. The molecule has 3 aromatic carbocycles. The Balaban J connectivity index is 1.20. The minimum absolute atomic E-state index is 0.142. The number of furan rings is 1. The predicted octanol–water partition coefficient (Wildman–Crippen LogP) is 5.80. The number of benzene rings is 3. The molecule has 0 spiro atoms. The number of fused-ring (bicyclic) bond motifs is 3. The molecular weight excluding hydrogens is 499 g/mol. The van der Waals surface area contributed by atoms with E-state index in [0.717, 1.165) is 5.39 Å². The van der Waals surface area contributed by atoms with E-state index in [2.05, 4.69) is 15.3 Å². The molecule has 1 fully saturated rings. The lowest BCUT2D eigenvalue weighted by atomic mass is 10.0. The second-order valence-corrected chi connectivity index (χ2v) is 9.79. The zero-order valence-electron chi connectivity index (χ0n) is 21.1. The van der Waals surface area contributed by atoms with E-state index in [9.17, 15) is 19.1 Å². The number of amides is 1. The molecule has 9 heteroatoms. The zero-order chi connectivity index (χ0) is 27.1. The number of carbonyl (C=O) groups is 2. The van der Waals surface area contributed by atoms with E-state index < -0.39 is 12.0 Å². The van der Waals surface area contributed by atoms with Crippen molar-refractivity contribution in [2.24, 2.45) is 5.92 Å². The Morgan fingerprint density at radius 2 is 1.79 bits per heavy atom. The molecule has 0 radical (unpaired) electrons. The molecule has 3 heterocycles. The summed E-state index contributed by atoms with van der Waals surface area (Å²) in [4.78, 5) is 36.0. The molecule has 2 atom stereocenters. The Bertz CT molecular complexity index is 1720. The second kappa shape index (κ2) is 9.83. The van der Waals surface area contributed by atoms with Gasteiger partial charge in [-0.1, -0.05) is 42.5 Å². The summed E-state index contributed by atoms with van der Waals surface area (Å²) < 4.78 is 20.2. The number of para-hydroxylation sites is 1. The van der Waals surface area contributed by atoms with Crippen LogP contribution < -0.4 is 10.2 Å². The van der Waals surface area contributed by atoms with Gasteiger partial charge in [0.15, 0.2) is 11.4 Å². The Hall–Kier alpha value is -4.79. The number of halogens is 1. The van der Waals surface area contributed by atoms with E-state index in [1.807, 2.05) is 24.3 Å². The molecule has 1 aliphatic heterocycles. The van der Waals surface area contributed by atoms with Crippen molar-refractivity contribution in [3.8, 4) is 11.1 Å². The maximum absolute atomic E-state index is 14.1. The van der Waals surface area contributed by atoms with E-state index in [-0.39, 0.29) is 24.1 Å². The molecule has 1 aliphatic rings. The predicted molar refractivity (Wildman–Crippen MR) is 146 cm³/mol. The highest BCUT2D eigenvalue weighted by molar-refractivity contribution is 6.06. The first-order chi connectivity index (χ1) is 18.9. The van der Waals surface area contributed by atoms with Gasteiger partial charge in [0.25, 0.3) is 0 Å². The van der Waals surface area contributed by atoms with Crippen LogP contribution in [0.4, 0.5) is 15.9 Å². The first-order valence-corrected chi connectivity index (χ1v) is 12.7. The first kappa shape index (κ1) is 24.5. The number of carboxylic acid groups (broad SMARTS) is 1. The topological polar surface area (TPSA) is 109 Å². The van der Waals surface area contributed by atoms with Crippen molar-refractivity contribution in [2.75, 3.05) is 16.8 Å². The molecule has 1 amide bonds. The van der Waals surface area contributed by atoms with Gasteiger partial charge in [0, 0.05) is 29.6 Å². The van der Waals surface area contributed by atoms with Crippen LogP contribution in [0.2, 0.25) is 0 Å². The molecule has 0 aliphatic carbocycles. The number of nitrogens with zero attached hydrogens (tertiary/aromatic N) is 3. The number of anilines is 2. The largest absolute Gasteiger partial charge is 0.480 e. The number of nitrogens with one attached hydrogen (secondary N) is 1. The summed E-state index contributed by atoms with van der Waals surface area (Å²) in [6.45, 7) is 2.10. The molecule has 1 saturated heterocycles. The summed E-state index contributed by atoms with van der Waals surface area (Å²) in [6, 6.07) is 20.1. The summed E-state index contributed by atoms with van der Waals surface area (Å²) in [5.74, 6) is -0.800. The third-order valence-corrected chi connectivity index (χ3v) is 7.09. The summed E-state index contributed by atoms with van der Waals surface area (Å²) in [6.07, 6.45) is 0.433. The van der Waals surface area contributed by atoms with E-state index >= 15 is 0 Å². The Kier molecular flexibility index (Phi) is 6.18. The number of aryl methyl sites for hydroxylation is 1. The average Bonchev–Trinajstić information content (AvgIpc) is 3.51. The summed E-state index contributed by atoms with van der Waals surface area (Å²) in [5, 5.41) is 13.7. The van der Waals surface area contributed by atoms with Crippen LogP contribution in [-0.4, -0.2) is 39.5 Å². The minimum atomic E-state index is -0.984. The minimum Gasteiger partial charge on any atom is -0.480 e. The molecule has 2 aromatic heterocycles. The third-order valence-electron chi connectivity index (χ3n) is 7.09. The van der Waals surface area contributed by atoms with Crippen molar-refractivity contribution in [3.63, 3.8) is 0 Å². The van der Waals surface area contributed by atoms with Crippen LogP contribution >= 0.6 is 0 Å². The van der Waals surface area contributed by atoms with Crippen LogP contribution in [0.25, 0.3) is 33.2 Å². The molecular formula is C30H25FN4O4. The van der Waals surface area contributed by atoms with Gasteiger partial charge in [-0.25, -0.2) is 19.2 Å². The Morgan fingerprint density at radius 1 is 1.05 bits per heavy atom. The molecule has 5 aromatic rings. The van der Waals surface area contributed by atoms with E-state index in [0.29, 0.717) is 58.1 Å². The van der Waals surface area contributed by atoms with Gasteiger partial charge in [-0.3, -0.25) is 4.79 Å². The molecule has 0 unspecified atom stereocenters. The number of hydrogen-bond donors (Lipinski definition) is 2. The Morgan fingerprint density at radius 3 is 2.56 bits per heavy atom.